The number of rotatable bonds is 10. The molecule has 1 rings (SSSR count). The molecule has 126 valence electrons. The first-order valence-electron chi connectivity index (χ1n) is 8.62. The first kappa shape index (κ1) is 18.5. The van der Waals surface area contributed by atoms with E-state index in [1.54, 1.807) is 6.33 Å². The number of aliphatic imine (C=N–C) groups is 1. The normalized spacial score (nSPS) is 13.2. The average Bonchev–Trinajstić information content (AvgIpc) is 2.97. The fourth-order valence-corrected chi connectivity index (χ4v) is 2.32. The lowest BCUT2D eigenvalue weighted by atomic mass is 10.1. The van der Waals surface area contributed by atoms with Crippen molar-refractivity contribution in [2.24, 2.45) is 4.99 Å². The van der Waals surface area contributed by atoms with E-state index in [2.05, 4.69) is 53.5 Å². The van der Waals surface area contributed by atoms with Crippen LogP contribution in [0.5, 0.6) is 0 Å². The lowest BCUT2D eigenvalue weighted by Gasteiger charge is -2.17. The van der Waals surface area contributed by atoms with E-state index < -0.39 is 0 Å². The predicted molar refractivity (Wildman–Crippen MR) is 91.9 cm³/mol. The van der Waals surface area contributed by atoms with Crippen molar-refractivity contribution in [2.45, 2.75) is 78.9 Å². The molecule has 0 spiro atoms. The Balaban J connectivity index is 2.47. The van der Waals surface area contributed by atoms with Crippen LogP contribution in [0.1, 0.15) is 65.6 Å². The molecule has 0 aliphatic heterocycles. The molecule has 0 saturated carbocycles. The zero-order chi connectivity index (χ0) is 16.2. The number of hydrogen-bond donors (Lipinski definition) is 2. The fourth-order valence-electron chi connectivity index (χ4n) is 2.32. The molecular formula is C16H32N6. The van der Waals surface area contributed by atoms with Crippen LogP contribution in [-0.4, -0.2) is 33.3 Å². The van der Waals surface area contributed by atoms with E-state index >= 15 is 0 Å². The summed E-state index contributed by atoms with van der Waals surface area (Å²) >= 11 is 0. The van der Waals surface area contributed by atoms with Crippen molar-refractivity contribution >= 4 is 5.96 Å². The summed E-state index contributed by atoms with van der Waals surface area (Å²) in [5, 5.41) is 14.8. The Bertz CT molecular complexity index is 426. The monoisotopic (exact) mass is 308 g/mol. The Morgan fingerprint density at radius 3 is 2.77 bits per heavy atom. The van der Waals surface area contributed by atoms with E-state index in [-0.39, 0.29) is 0 Å². The number of nitrogens with zero attached hydrogens (tertiary/aromatic N) is 4. The summed E-state index contributed by atoms with van der Waals surface area (Å²) in [5.74, 6) is 1.76. The number of hydrogen-bond acceptors (Lipinski definition) is 3. The fraction of sp³-hybridized carbons (Fsp3) is 0.812. The van der Waals surface area contributed by atoms with Gasteiger partial charge in [-0.3, -0.25) is 0 Å². The molecule has 0 saturated heterocycles. The molecule has 1 heterocycles. The molecule has 6 heteroatoms. The molecule has 1 atom stereocenters. The minimum atomic E-state index is 0.429. The molecule has 2 N–H and O–H groups in total. The van der Waals surface area contributed by atoms with E-state index in [1.165, 1.54) is 32.1 Å². The van der Waals surface area contributed by atoms with Crippen molar-refractivity contribution in [1.82, 2.24) is 25.4 Å². The van der Waals surface area contributed by atoms with Crippen LogP contribution < -0.4 is 10.6 Å². The van der Waals surface area contributed by atoms with Crippen LogP contribution in [0.25, 0.3) is 0 Å². The van der Waals surface area contributed by atoms with Gasteiger partial charge in [0.2, 0.25) is 0 Å². The summed E-state index contributed by atoms with van der Waals surface area (Å²) in [6.45, 7) is 10.9. The number of nitrogens with one attached hydrogen (secondary N) is 2. The van der Waals surface area contributed by atoms with Crippen LogP contribution in [0, 0.1) is 0 Å². The van der Waals surface area contributed by atoms with Gasteiger partial charge in [0.15, 0.2) is 11.8 Å². The topological polar surface area (TPSA) is 67.1 Å². The van der Waals surface area contributed by atoms with Crippen LogP contribution in [0.3, 0.4) is 0 Å². The molecule has 0 amide bonds. The molecule has 0 bridgehead atoms. The third kappa shape index (κ3) is 6.91. The largest absolute Gasteiger partial charge is 0.357 e. The standard InChI is InChI=1S/C16H32N6/c1-5-8-9-10-11-14(4)20-16(17-6-2)18-12-15-21-19-13-22(15)7-3/h13-14H,5-12H2,1-4H3,(H2,17,18,20). The summed E-state index contributed by atoms with van der Waals surface area (Å²) in [6, 6.07) is 0.429. The van der Waals surface area contributed by atoms with Crippen LogP contribution in [0.2, 0.25) is 0 Å². The minimum absolute atomic E-state index is 0.429. The van der Waals surface area contributed by atoms with Gasteiger partial charge in [-0.2, -0.15) is 0 Å². The minimum Gasteiger partial charge on any atom is -0.357 e. The molecule has 1 aromatic heterocycles. The van der Waals surface area contributed by atoms with Gasteiger partial charge < -0.3 is 15.2 Å². The Labute approximate surface area is 134 Å². The van der Waals surface area contributed by atoms with Gasteiger partial charge in [0.1, 0.15) is 12.9 Å². The lowest BCUT2D eigenvalue weighted by molar-refractivity contribution is 0.536. The van der Waals surface area contributed by atoms with Gasteiger partial charge in [-0.25, -0.2) is 4.99 Å². The third-order valence-electron chi connectivity index (χ3n) is 3.63. The van der Waals surface area contributed by atoms with E-state index in [0.29, 0.717) is 12.6 Å². The molecule has 0 radical (unpaired) electrons. The second-order valence-electron chi connectivity index (χ2n) is 5.62. The molecule has 6 nitrogen and oxygen atoms in total. The Morgan fingerprint density at radius 2 is 2.09 bits per heavy atom. The molecular weight excluding hydrogens is 276 g/mol. The van der Waals surface area contributed by atoms with Gasteiger partial charge in [0.05, 0.1) is 0 Å². The van der Waals surface area contributed by atoms with E-state index in [4.69, 9.17) is 0 Å². The maximum absolute atomic E-state index is 4.62. The number of aromatic nitrogens is 3. The van der Waals surface area contributed by atoms with Crippen molar-refractivity contribution in [3.05, 3.63) is 12.2 Å². The summed E-state index contributed by atoms with van der Waals surface area (Å²) in [7, 11) is 0. The number of guanidine groups is 1. The van der Waals surface area contributed by atoms with Gasteiger partial charge >= 0.3 is 0 Å². The second kappa shape index (κ2) is 11.0. The van der Waals surface area contributed by atoms with Crippen molar-refractivity contribution in [3.8, 4) is 0 Å². The summed E-state index contributed by atoms with van der Waals surface area (Å²) < 4.78 is 2.02. The van der Waals surface area contributed by atoms with E-state index in [0.717, 1.165) is 24.9 Å². The van der Waals surface area contributed by atoms with Gasteiger partial charge in [-0.1, -0.05) is 32.6 Å². The summed E-state index contributed by atoms with van der Waals surface area (Å²) in [4.78, 5) is 4.62. The van der Waals surface area contributed by atoms with Crippen LogP contribution in [0.4, 0.5) is 0 Å². The molecule has 0 aliphatic rings. The SMILES string of the molecule is CCCCCCC(C)NC(=NCc1nncn1CC)NCC. The Kier molecular flexibility index (Phi) is 9.26. The highest BCUT2D eigenvalue weighted by Gasteiger charge is 2.06. The Morgan fingerprint density at radius 1 is 1.27 bits per heavy atom. The second-order valence-corrected chi connectivity index (χ2v) is 5.62. The van der Waals surface area contributed by atoms with Gasteiger partial charge in [-0.05, 0) is 27.2 Å². The zero-order valence-corrected chi connectivity index (χ0v) is 14.6. The maximum Gasteiger partial charge on any atom is 0.191 e. The molecule has 0 aliphatic carbocycles. The number of unbranched alkanes of at least 4 members (excludes halogenated alkanes) is 3. The summed E-state index contributed by atoms with van der Waals surface area (Å²) in [5.41, 5.74) is 0. The predicted octanol–water partition coefficient (Wildman–Crippen LogP) is 2.71. The summed E-state index contributed by atoms with van der Waals surface area (Å²) in [6.07, 6.45) is 8.12. The molecule has 0 aromatic carbocycles. The highest BCUT2D eigenvalue weighted by atomic mass is 15.3. The molecule has 0 fully saturated rings. The smallest absolute Gasteiger partial charge is 0.191 e. The molecule has 1 aromatic rings. The van der Waals surface area contributed by atoms with Crippen molar-refractivity contribution in [2.75, 3.05) is 6.54 Å². The van der Waals surface area contributed by atoms with Crippen molar-refractivity contribution in [1.29, 1.82) is 0 Å². The maximum atomic E-state index is 4.62. The first-order valence-corrected chi connectivity index (χ1v) is 8.62. The van der Waals surface area contributed by atoms with E-state index in [1.807, 2.05) is 4.57 Å². The van der Waals surface area contributed by atoms with Crippen molar-refractivity contribution < 1.29 is 0 Å². The van der Waals surface area contributed by atoms with Crippen LogP contribution >= 0.6 is 0 Å². The van der Waals surface area contributed by atoms with Gasteiger partial charge in [0.25, 0.3) is 0 Å². The van der Waals surface area contributed by atoms with Crippen molar-refractivity contribution in [3.63, 3.8) is 0 Å². The van der Waals surface area contributed by atoms with E-state index in [9.17, 15) is 0 Å². The lowest BCUT2D eigenvalue weighted by Crippen LogP contribution is -2.42. The van der Waals surface area contributed by atoms with Gasteiger partial charge in [0, 0.05) is 19.1 Å². The average molecular weight is 308 g/mol. The third-order valence-corrected chi connectivity index (χ3v) is 3.63. The zero-order valence-electron chi connectivity index (χ0n) is 14.6. The number of aryl methyl sites for hydroxylation is 1. The highest BCUT2D eigenvalue weighted by Crippen LogP contribution is 2.05. The first-order chi connectivity index (χ1) is 10.7. The van der Waals surface area contributed by atoms with Crippen LogP contribution in [0.15, 0.2) is 11.3 Å². The molecule has 1 unspecified atom stereocenters. The molecule has 22 heavy (non-hydrogen) atoms. The van der Waals surface area contributed by atoms with Gasteiger partial charge in [-0.15, -0.1) is 10.2 Å². The quantitative estimate of drug-likeness (QED) is 0.396. The highest BCUT2D eigenvalue weighted by molar-refractivity contribution is 5.79. The Hall–Kier alpha value is -1.59. The van der Waals surface area contributed by atoms with Crippen LogP contribution in [-0.2, 0) is 13.1 Å².